The van der Waals surface area contributed by atoms with Crippen molar-refractivity contribution in [2.24, 2.45) is 0 Å². The molecule has 0 fully saturated rings. The van der Waals surface area contributed by atoms with Crippen molar-refractivity contribution in [2.75, 3.05) is 19.0 Å². The molecule has 0 saturated heterocycles. The van der Waals surface area contributed by atoms with E-state index in [4.69, 9.17) is 4.74 Å². The van der Waals surface area contributed by atoms with Gasteiger partial charge in [0.15, 0.2) is 5.78 Å². The molecule has 1 N–H and O–H groups in total. The average Bonchev–Trinajstić information content (AvgIpc) is 2.53. The van der Waals surface area contributed by atoms with Crippen LogP contribution in [-0.2, 0) is 9.53 Å². The molecule has 1 aliphatic heterocycles. The summed E-state index contributed by atoms with van der Waals surface area (Å²) >= 11 is 0. The number of Topliss-reactive ketones (excluding diaryl/α,β-unsaturated/α-hetero) is 1. The third kappa shape index (κ3) is 3.97. The summed E-state index contributed by atoms with van der Waals surface area (Å²) in [6.45, 7) is 2.83. The Labute approximate surface area is 124 Å². The first-order chi connectivity index (χ1) is 10.1. The number of ether oxygens (including phenoxy) is 2. The molecular weight excluding hydrogens is 270 g/mol. The van der Waals surface area contributed by atoms with E-state index in [1.165, 1.54) is 7.11 Å². The molecule has 0 aromatic heterocycles. The Hall–Kier alpha value is -2.04. The number of hydrogen-bond acceptors (Lipinski definition) is 5. The number of ketones is 1. The highest BCUT2D eigenvalue weighted by Crippen LogP contribution is 2.31. The van der Waals surface area contributed by atoms with E-state index in [0.717, 1.165) is 24.4 Å². The van der Waals surface area contributed by atoms with Crippen LogP contribution in [-0.4, -0.2) is 31.5 Å². The third-order valence-corrected chi connectivity index (χ3v) is 3.58. The molecule has 1 heterocycles. The number of hydrogen-bond donors (Lipinski definition) is 1. The number of nitrogens with one attached hydrogen (secondary N) is 1. The number of anilines is 1. The zero-order valence-corrected chi connectivity index (χ0v) is 12.5. The van der Waals surface area contributed by atoms with Crippen LogP contribution in [0.4, 0.5) is 5.69 Å². The molecule has 1 atom stereocenters. The van der Waals surface area contributed by atoms with Crippen molar-refractivity contribution in [1.29, 1.82) is 0 Å². The number of fused-ring (bicyclic) bond motifs is 1. The molecule has 1 aromatic rings. The minimum Gasteiger partial charge on any atom is -0.486 e. The van der Waals surface area contributed by atoms with Crippen molar-refractivity contribution in [3.63, 3.8) is 0 Å². The predicted molar refractivity (Wildman–Crippen MR) is 79.8 cm³/mol. The summed E-state index contributed by atoms with van der Waals surface area (Å²) < 4.78 is 10.4. The molecule has 2 rings (SSSR count). The normalized spacial score (nSPS) is 16.4. The highest BCUT2D eigenvalue weighted by atomic mass is 16.5. The van der Waals surface area contributed by atoms with Gasteiger partial charge in [0.2, 0.25) is 0 Å². The summed E-state index contributed by atoms with van der Waals surface area (Å²) in [5.74, 6) is 0.536. The SMILES string of the molecule is CCC1CNc2cc(C(=O)CCCC(=O)OC)ccc2O1. The number of rotatable bonds is 6. The molecule has 0 spiro atoms. The van der Waals surface area contributed by atoms with Crippen LogP contribution in [0.1, 0.15) is 43.0 Å². The van der Waals surface area contributed by atoms with E-state index in [2.05, 4.69) is 17.0 Å². The summed E-state index contributed by atoms with van der Waals surface area (Å²) in [5, 5.41) is 3.29. The zero-order chi connectivity index (χ0) is 15.2. The lowest BCUT2D eigenvalue weighted by Crippen LogP contribution is -2.30. The van der Waals surface area contributed by atoms with E-state index >= 15 is 0 Å². The van der Waals surface area contributed by atoms with Gasteiger partial charge in [-0.1, -0.05) is 6.92 Å². The van der Waals surface area contributed by atoms with Gasteiger partial charge >= 0.3 is 5.97 Å². The molecule has 1 unspecified atom stereocenters. The quantitative estimate of drug-likeness (QED) is 0.645. The molecular formula is C16H21NO4. The van der Waals surface area contributed by atoms with E-state index in [0.29, 0.717) is 18.4 Å². The standard InChI is InChI=1S/C16H21NO4/c1-3-12-10-17-13-9-11(7-8-15(13)21-12)14(18)5-4-6-16(19)20-2/h7-9,12,17H,3-6,10H2,1-2H3. The second-order valence-corrected chi connectivity index (χ2v) is 5.09. The highest BCUT2D eigenvalue weighted by molar-refractivity contribution is 5.97. The van der Waals surface area contributed by atoms with Gasteiger partial charge in [-0.2, -0.15) is 0 Å². The molecule has 5 nitrogen and oxygen atoms in total. The fourth-order valence-electron chi connectivity index (χ4n) is 2.26. The lowest BCUT2D eigenvalue weighted by atomic mass is 10.0. The highest BCUT2D eigenvalue weighted by Gasteiger charge is 2.19. The van der Waals surface area contributed by atoms with E-state index < -0.39 is 0 Å². The summed E-state index contributed by atoms with van der Waals surface area (Å²) in [7, 11) is 1.35. The van der Waals surface area contributed by atoms with Crippen molar-refractivity contribution in [2.45, 2.75) is 38.7 Å². The molecule has 1 aliphatic rings. The lowest BCUT2D eigenvalue weighted by molar-refractivity contribution is -0.140. The second kappa shape index (κ2) is 7.11. The topological polar surface area (TPSA) is 64.6 Å². The first-order valence-electron chi connectivity index (χ1n) is 7.28. The van der Waals surface area contributed by atoms with Crippen LogP contribution in [0.5, 0.6) is 5.75 Å². The van der Waals surface area contributed by atoms with Crippen LogP contribution in [0, 0.1) is 0 Å². The van der Waals surface area contributed by atoms with Crippen molar-refractivity contribution in [3.8, 4) is 5.75 Å². The molecule has 0 radical (unpaired) electrons. The number of carbonyl (C=O) groups excluding carboxylic acids is 2. The van der Waals surface area contributed by atoms with E-state index in [1.54, 1.807) is 6.07 Å². The number of carbonyl (C=O) groups is 2. The van der Waals surface area contributed by atoms with Gasteiger partial charge in [-0.05, 0) is 31.0 Å². The zero-order valence-electron chi connectivity index (χ0n) is 12.5. The Balaban J connectivity index is 1.95. The Morgan fingerprint density at radius 3 is 2.90 bits per heavy atom. The number of esters is 1. The monoisotopic (exact) mass is 291 g/mol. The molecule has 21 heavy (non-hydrogen) atoms. The van der Waals surface area contributed by atoms with Gasteiger partial charge in [-0.15, -0.1) is 0 Å². The van der Waals surface area contributed by atoms with Gasteiger partial charge in [-0.25, -0.2) is 0 Å². The fraction of sp³-hybridized carbons (Fsp3) is 0.500. The Morgan fingerprint density at radius 2 is 2.19 bits per heavy atom. The van der Waals surface area contributed by atoms with Crippen LogP contribution in [0.25, 0.3) is 0 Å². The van der Waals surface area contributed by atoms with Gasteiger partial charge in [0.25, 0.3) is 0 Å². The molecule has 0 bridgehead atoms. The number of methoxy groups -OCH3 is 1. The van der Waals surface area contributed by atoms with Gasteiger partial charge in [-0.3, -0.25) is 9.59 Å². The fourth-order valence-corrected chi connectivity index (χ4v) is 2.26. The van der Waals surface area contributed by atoms with Crippen molar-refractivity contribution in [1.82, 2.24) is 0 Å². The molecule has 0 aliphatic carbocycles. The van der Waals surface area contributed by atoms with Crippen molar-refractivity contribution >= 4 is 17.4 Å². The summed E-state index contributed by atoms with van der Waals surface area (Å²) in [6, 6.07) is 5.43. The Morgan fingerprint density at radius 1 is 1.38 bits per heavy atom. The largest absolute Gasteiger partial charge is 0.486 e. The first-order valence-corrected chi connectivity index (χ1v) is 7.28. The Kier molecular flexibility index (Phi) is 5.20. The smallest absolute Gasteiger partial charge is 0.305 e. The van der Waals surface area contributed by atoms with Crippen LogP contribution in [0.15, 0.2) is 18.2 Å². The van der Waals surface area contributed by atoms with Crippen LogP contribution in [0.2, 0.25) is 0 Å². The predicted octanol–water partition coefficient (Wildman–Crippen LogP) is 2.80. The minimum absolute atomic E-state index is 0.0288. The second-order valence-electron chi connectivity index (χ2n) is 5.09. The lowest BCUT2D eigenvalue weighted by Gasteiger charge is -2.26. The summed E-state index contributed by atoms with van der Waals surface area (Å²) in [4.78, 5) is 23.1. The third-order valence-electron chi connectivity index (χ3n) is 3.58. The maximum absolute atomic E-state index is 12.1. The van der Waals surface area contributed by atoms with Crippen LogP contribution < -0.4 is 10.1 Å². The minimum atomic E-state index is -0.283. The molecule has 0 saturated carbocycles. The summed E-state index contributed by atoms with van der Waals surface area (Å²) in [5.41, 5.74) is 1.50. The average molecular weight is 291 g/mol. The number of benzene rings is 1. The van der Waals surface area contributed by atoms with Gasteiger partial charge in [0.05, 0.1) is 19.3 Å². The van der Waals surface area contributed by atoms with Gasteiger partial charge in [0.1, 0.15) is 11.9 Å². The van der Waals surface area contributed by atoms with E-state index in [-0.39, 0.29) is 24.3 Å². The van der Waals surface area contributed by atoms with Crippen LogP contribution in [0.3, 0.4) is 0 Å². The van der Waals surface area contributed by atoms with E-state index in [9.17, 15) is 9.59 Å². The van der Waals surface area contributed by atoms with Crippen molar-refractivity contribution < 1.29 is 19.1 Å². The molecule has 5 heteroatoms. The molecule has 114 valence electrons. The molecule has 0 amide bonds. The maximum Gasteiger partial charge on any atom is 0.305 e. The van der Waals surface area contributed by atoms with E-state index in [1.807, 2.05) is 12.1 Å². The summed E-state index contributed by atoms with van der Waals surface area (Å²) in [6.07, 6.45) is 2.24. The van der Waals surface area contributed by atoms with Gasteiger partial charge in [0, 0.05) is 18.4 Å². The van der Waals surface area contributed by atoms with Crippen LogP contribution >= 0.6 is 0 Å². The first kappa shape index (κ1) is 15.4. The van der Waals surface area contributed by atoms with Gasteiger partial charge < -0.3 is 14.8 Å². The Bertz CT molecular complexity index is 527. The molecule has 1 aromatic carbocycles. The van der Waals surface area contributed by atoms with Crippen molar-refractivity contribution in [3.05, 3.63) is 23.8 Å². The maximum atomic E-state index is 12.1.